The molecule has 1 aromatic heterocycles. The van der Waals surface area contributed by atoms with E-state index in [1.165, 1.54) is 4.90 Å². The number of nitrogens with zero attached hydrogens (tertiary/aromatic N) is 2. The second kappa shape index (κ2) is 12.8. The molecule has 5 N–H and O–H groups in total. The molecule has 5 rings (SSSR count). The summed E-state index contributed by atoms with van der Waals surface area (Å²) < 4.78 is 19.8. The molecule has 10 nitrogen and oxygen atoms in total. The number of likely N-dealkylation sites (N-methyl/N-ethyl adjacent to an activating group) is 1. The monoisotopic (exact) mass is 613 g/mol. The van der Waals surface area contributed by atoms with E-state index >= 15 is 0 Å². The maximum absolute atomic E-state index is 14.3. The zero-order valence-electron chi connectivity index (χ0n) is 25.4. The Hall–Kier alpha value is -5.19. The molecule has 0 saturated heterocycles. The van der Waals surface area contributed by atoms with E-state index in [0.717, 1.165) is 17.3 Å². The van der Waals surface area contributed by atoms with Crippen LogP contribution in [0.1, 0.15) is 47.9 Å². The lowest BCUT2D eigenvalue weighted by atomic mass is 9.90. The van der Waals surface area contributed by atoms with E-state index in [2.05, 4.69) is 15.6 Å². The minimum absolute atomic E-state index is 0.00257. The van der Waals surface area contributed by atoms with E-state index < -0.39 is 23.3 Å². The zero-order valence-corrected chi connectivity index (χ0v) is 25.4. The Balaban J connectivity index is 1.26. The van der Waals surface area contributed by atoms with Crippen molar-refractivity contribution in [3.05, 3.63) is 94.9 Å². The molecule has 0 spiro atoms. The van der Waals surface area contributed by atoms with Crippen molar-refractivity contribution in [1.82, 2.24) is 9.88 Å². The summed E-state index contributed by atoms with van der Waals surface area (Å²) in [5.41, 5.74) is 9.19. The number of aromatic nitrogens is 1. The zero-order chi connectivity index (χ0) is 32.3. The third-order valence-electron chi connectivity index (χ3n) is 8.36. The van der Waals surface area contributed by atoms with Gasteiger partial charge in [0.1, 0.15) is 11.6 Å². The van der Waals surface area contributed by atoms with E-state index in [-0.39, 0.29) is 42.7 Å². The van der Waals surface area contributed by atoms with Crippen molar-refractivity contribution in [2.45, 2.75) is 44.6 Å². The van der Waals surface area contributed by atoms with Gasteiger partial charge in [-0.2, -0.15) is 0 Å². The summed E-state index contributed by atoms with van der Waals surface area (Å²) in [5, 5.41) is 16.5. The van der Waals surface area contributed by atoms with Crippen LogP contribution in [-0.4, -0.2) is 53.2 Å². The van der Waals surface area contributed by atoms with Crippen LogP contribution in [0.25, 0.3) is 10.8 Å². The van der Waals surface area contributed by atoms with Gasteiger partial charge in [-0.25, -0.2) is 14.2 Å². The highest BCUT2D eigenvalue weighted by atomic mass is 19.1. The molecule has 2 amide bonds. The summed E-state index contributed by atoms with van der Waals surface area (Å²) >= 11 is 0. The first-order valence-electron chi connectivity index (χ1n) is 14.7. The Morgan fingerprint density at radius 3 is 2.53 bits per heavy atom. The number of aryl methyl sites for hydroxylation is 1. The number of hydrogen-bond acceptors (Lipinski definition) is 7. The number of halogens is 1. The highest BCUT2D eigenvalue weighted by Crippen LogP contribution is 2.50. The molecule has 1 saturated carbocycles. The molecule has 0 aliphatic heterocycles. The molecular weight excluding hydrogens is 577 g/mol. The van der Waals surface area contributed by atoms with Crippen LogP contribution in [0, 0.1) is 12.7 Å². The van der Waals surface area contributed by atoms with Crippen LogP contribution in [0.5, 0.6) is 0 Å². The van der Waals surface area contributed by atoms with Gasteiger partial charge in [0.25, 0.3) is 0 Å². The lowest BCUT2D eigenvalue weighted by Gasteiger charge is -2.23. The number of carboxylic acid groups (broad SMARTS) is 1. The number of carboxylic acids is 1. The molecule has 4 aromatic rings. The number of nitrogens with one attached hydrogen (secondary N) is 2. The van der Waals surface area contributed by atoms with Gasteiger partial charge in [0.15, 0.2) is 0 Å². The molecule has 0 bridgehead atoms. The molecule has 3 aromatic carbocycles. The van der Waals surface area contributed by atoms with E-state index in [0.29, 0.717) is 40.7 Å². The SMILES string of the molecule is Cc1ccccc1C(C)COC(=O)Nc1ccc(C2(C(=O)O)CC2)c(CN(C)C(=O)CNc2ccc3c(N)ncc(F)c3c2)c1. The van der Waals surface area contributed by atoms with Gasteiger partial charge in [-0.05, 0) is 72.4 Å². The molecule has 234 valence electrons. The number of hydrogen-bond donors (Lipinski definition) is 4. The van der Waals surface area contributed by atoms with Gasteiger partial charge >= 0.3 is 12.1 Å². The van der Waals surface area contributed by atoms with Crippen molar-refractivity contribution in [1.29, 1.82) is 0 Å². The van der Waals surface area contributed by atoms with Gasteiger partial charge < -0.3 is 25.8 Å². The van der Waals surface area contributed by atoms with Crippen LogP contribution in [0.4, 0.5) is 26.4 Å². The summed E-state index contributed by atoms with van der Waals surface area (Å²) in [7, 11) is 1.61. The second-order valence-electron chi connectivity index (χ2n) is 11.6. The van der Waals surface area contributed by atoms with Crippen LogP contribution in [-0.2, 0) is 26.3 Å². The average molecular weight is 614 g/mol. The van der Waals surface area contributed by atoms with Crippen LogP contribution in [0.2, 0.25) is 0 Å². The number of pyridine rings is 1. The molecule has 1 aliphatic rings. The number of carbonyl (C=O) groups is 3. The first-order valence-corrected chi connectivity index (χ1v) is 14.7. The first-order chi connectivity index (χ1) is 21.5. The molecule has 45 heavy (non-hydrogen) atoms. The average Bonchev–Trinajstić information content (AvgIpc) is 3.83. The molecule has 1 heterocycles. The van der Waals surface area contributed by atoms with Gasteiger partial charge in [-0.3, -0.25) is 14.9 Å². The van der Waals surface area contributed by atoms with Gasteiger partial charge in [-0.15, -0.1) is 0 Å². The van der Waals surface area contributed by atoms with E-state index in [9.17, 15) is 23.9 Å². The number of ether oxygens (including phenoxy) is 1. The number of aliphatic carboxylic acids is 1. The van der Waals surface area contributed by atoms with Crippen LogP contribution in [0.15, 0.2) is 66.9 Å². The Bertz CT molecular complexity index is 1770. The van der Waals surface area contributed by atoms with Crippen LogP contribution in [0.3, 0.4) is 0 Å². The number of benzene rings is 3. The van der Waals surface area contributed by atoms with Crippen molar-refractivity contribution in [2.75, 3.05) is 36.6 Å². The third-order valence-corrected chi connectivity index (χ3v) is 8.36. The van der Waals surface area contributed by atoms with Crippen molar-refractivity contribution in [3.8, 4) is 0 Å². The molecule has 1 unspecified atom stereocenters. The van der Waals surface area contributed by atoms with Gasteiger partial charge in [-0.1, -0.05) is 37.3 Å². The summed E-state index contributed by atoms with van der Waals surface area (Å²) in [5.74, 6) is -1.52. The number of amides is 2. The Kier molecular flexibility index (Phi) is 8.89. The minimum Gasteiger partial charge on any atom is -0.481 e. The molecule has 1 atom stereocenters. The topological polar surface area (TPSA) is 147 Å². The van der Waals surface area contributed by atoms with E-state index in [4.69, 9.17) is 10.5 Å². The smallest absolute Gasteiger partial charge is 0.411 e. The number of nitrogens with two attached hydrogens (primary N) is 1. The predicted octanol–water partition coefficient (Wildman–Crippen LogP) is 5.80. The third kappa shape index (κ3) is 6.82. The summed E-state index contributed by atoms with van der Waals surface area (Å²) in [6.45, 7) is 4.19. The quantitative estimate of drug-likeness (QED) is 0.166. The first kappa shape index (κ1) is 31.2. The number of fused-ring (bicyclic) bond motifs is 1. The van der Waals surface area contributed by atoms with E-state index in [1.54, 1.807) is 43.4 Å². The van der Waals surface area contributed by atoms with Gasteiger partial charge in [0.05, 0.1) is 24.8 Å². The van der Waals surface area contributed by atoms with Crippen molar-refractivity contribution in [3.63, 3.8) is 0 Å². The Labute approximate surface area is 260 Å². The fourth-order valence-electron chi connectivity index (χ4n) is 5.57. The largest absolute Gasteiger partial charge is 0.481 e. The molecule has 0 radical (unpaired) electrons. The van der Waals surface area contributed by atoms with Gasteiger partial charge in [0.2, 0.25) is 5.91 Å². The second-order valence-corrected chi connectivity index (χ2v) is 11.6. The highest BCUT2D eigenvalue weighted by Gasteiger charge is 2.52. The lowest BCUT2D eigenvalue weighted by Crippen LogP contribution is -2.33. The van der Waals surface area contributed by atoms with Crippen LogP contribution >= 0.6 is 0 Å². The van der Waals surface area contributed by atoms with Crippen molar-refractivity contribution >= 4 is 45.9 Å². The number of carbonyl (C=O) groups excluding carboxylic acids is 2. The summed E-state index contributed by atoms with van der Waals surface area (Å²) in [6, 6.07) is 17.8. The fraction of sp³-hybridized carbons (Fsp3) is 0.294. The lowest BCUT2D eigenvalue weighted by molar-refractivity contribution is -0.140. The molecule has 1 aliphatic carbocycles. The molecule has 11 heteroatoms. The van der Waals surface area contributed by atoms with Gasteiger partial charge in [0, 0.05) is 41.7 Å². The number of nitrogen functional groups attached to an aromatic ring is 1. The van der Waals surface area contributed by atoms with Crippen LogP contribution < -0.4 is 16.4 Å². The highest BCUT2D eigenvalue weighted by molar-refractivity contribution is 5.94. The molecular formula is C34H36FN5O5. The van der Waals surface area contributed by atoms with Crippen molar-refractivity contribution in [2.24, 2.45) is 0 Å². The maximum atomic E-state index is 14.3. The number of anilines is 3. The minimum atomic E-state index is -1.02. The normalized spacial score (nSPS) is 14.0. The Morgan fingerprint density at radius 1 is 1.09 bits per heavy atom. The maximum Gasteiger partial charge on any atom is 0.411 e. The fourth-order valence-corrected chi connectivity index (χ4v) is 5.57. The predicted molar refractivity (Wildman–Crippen MR) is 171 cm³/mol. The summed E-state index contributed by atoms with van der Waals surface area (Å²) in [4.78, 5) is 43.3. The van der Waals surface area contributed by atoms with E-state index in [1.807, 2.05) is 38.1 Å². The molecule has 1 fully saturated rings. The van der Waals surface area contributed by atoms with Crippen molar-refractivity contribution < 1.29 is 28.6 Å². The number of rotatable bonds is 11. The Morgan fingerprint density at radius 2 is 1.82 bits per heavy atom. The summed E-state index contributed by atoms with van der Waals surface area (Å²) in [6.07, 6.45) is 1.39. The standard InChI is InChI=1S/C34H36FN5O5/c1-20-6-4-5-7-25(20)21(2)19-45-33(44)39-24-9-11-28(34(12-13-34)32(42)43)22(14-24)18-40(3)30(41)17-37-23-8-10-26-27(15-23)29(35)16-38-31(26)36/h4-11,14-16,21,37H,12-13,17-19H2,1-3H3,(H2,36,38)(H,39,44)(H,42,43).